The Bertz CT molecular complexity index is 239. The monoisotopic (exact) mass is 200 g/mol. The summed E-state index contributed by atoms with van der Waals surface area (Å²) in [4.78, 5) is 1.41. The Morgan fingerprint density at radius 3 is 2.00 bits per heavy atom. The second-order valence-electron chi connectivity index (χ2n) is 2.59. The van der Waals surface area contributed by atoms with Gasteiger partial charge in [-0.3, -0.25) is 0 Å². The van der Waals surface area contributed by atoms with Crippen LogP contribution in [0.4, 0.5) is 0 Å². The minimum Gasteiger partial charge on any atom is -1.00 e. The highest BCUT2D eigenvalue weighted by molar-refractivity contribution is 7.95. The van der Waals surface area contributed by atoms with Gasteiger partial charge >= 0.3 is 0 Å². The smallest absolute Gasteiger partial charge is 0.154 e. The van der Waals surface area contributed by atoms with Crippen molar-refractivity contribution in [2.24, 2.45) is 0 Å². The Balaban J connectivity index is 0.00000121. The molecule has 0 aliphatic heterocycles. The predicted octanol–water partition coefficient (Wildman–Crippen LogP) is -0.430. The van der Waals surface area contributed by atoms with E-state index < -0.39 is 0 Å². The fourth-order valence-electron chi connectivity index (χ4n) is 0.876. The fraction of sp³-hybridized carbons (Fsp3) is 0.200. The summed E-state index contributed by atoms with van der Waals surface area (Å²) in [5, 5.41) is 0. The van der Waals surface area contributed by atoms with Crippen molar-refractivity contribution >= 4 is 17.0 Å². The average Bonchev–Trinajstić information content (AvgIpc) is 2.05. The summed E-state index contributed by atoms with van der Waals surface area (Å²) in [5.41, 5.74) is 1.19. The average molecular weight is 201 g/mol. The molecule has 12 heavy (non-hydrogen) atoms. The maximum Gasteiger partial charge on any atom is 0.154 e. The molecule has 66 valence electrons. The Morgan fingerprint density at radius 2 is 1.67 bits per heavy atom. The van der Waals surface area contributed by atoms with E-state index in [-0.39, 0.29) is 12.4 Å². The molecule has 0 bridgehead atoms. The van der Waals surface area contributed by atoms with Gasteiger partial charge in [-0.05, 0) is 17.7 Å². The van der Waals surface area contributed by atoms with Crippen LogP contribution in [0.1, 0.15) is 5.56 Å². The molecule has 1 rings (SSSR count). The van der Waals surface area contributed by atoms with E-state index in [1.54, 1.807) is 0 Å². The minimum atomic E-state index is 0. The molecule has 0 amide bonds. The van der Waals surface area contributed by atoms with Gasteiger partial charge in [-0.15, -0.1) is 0 Å². The van der Waals surface area contributed by atoms with E-state index in [0.29, 0.717) is 10.9 Å². The summed E-state index contributed by atoms with van der Waals surface area (Å²) in [5.74, 6) is 0. The first kappa shape index (κ1) is 11.6. The van der Waals surface area contributed by atoms with Crippen LogP contribution in [-0.4, -0.2) is 12.5 Å². The van der Waals surface area contributed by atoms with Crippen LogP contribution in [-0.2, 0) is 10.9 Å². The van der Waals surface area contributed by atoms with E-state index >= 15 is 0 Å². The van der Waals surface area contributed by atoms with Crippen molar-refractivity contribution in [3.05, 3.63) is 36.4 Å². The van der Waals surface area contributed by atoms with Crippen LogP contribution < -0.4 is 12.4 Å². The van der Waals surface area contributed by atoms with E-state index in [2.05, 4.69) is 43.4 Å². The highest BCUT2D eigenvalue weighted by Crippen LogP contribution is 2.10. The molecule has 0 unspecified atom stereocenters. The first-order chi connectivity index (χ1) is 5.24. The second kappa shape index (κ2) is 5.28. The molecule has 0 spiro atoms. The summed E-state index contributed by atoms with van der Waals surface area (Å²) >= 11 is 0. The molecule has 0 saturated carbocycles. The van der Waals surface area contributed by atoms with E-state index in [0.717, 1.165) is 0 Å². The van der Waals surface area contributed by atoms with Gasteiger partial charge in [-0.2, -0.15) is 0 Å². The van der Waals surface area contributed by atoms with Crippen LogP contribution in [0, 0.1) is 0 Å². The lowest BCUT2D eigenvalue weighted by molar-refractivity contribution is -0.00000234. The third kappa shape index (κ3) is 2.92. The van der Waals surface area contributed by atoms with E-state index in [4.69, 9.17) is 0 Å². The molecule has 0 aliphatic carbocycles. The molecular weight excluding hydrogens is 188 g/mol. The number of halogens is 1. The van der Waals surface area contributed by atoms with Gasteiger partial charge in [-0.1, -0.05) is 24.8 Å². The zero-order valence-corrected chi connectivity index (χ0v) is 8.95. The highest BCUT2D eigenvalue weighted by Gasteiger charge is 2.05. The van der Waals surface area contributed by atoms with Crippen molar-refractivity contribution in [3.8, 4) is 0 Å². The summed E-state index contributed by atoms with van der Waals surface area (Å²) < 4.78 is 0. The van der Waals surface area contributed by atoms with Crippen molar-refractivity contribution in [1.82, 2.24) is 0 Å². The van der Waals surface area contributed by atoms with Gasteiger partial charge in [0.1, 0.15) is 12.5 Å². The van der Waals surface area contributed by atoms with Gasteiger partial charge in [-0.25, -0.2) is 0 Å². The standard InChI is InChI=1S/C10H13S.ClH/c1-4-9-5-7-10(8-6-9)11(2)3;/h4-8H,1H2,2-3H3;1H/q+1;/p-1. The van der Waals surface area contributed by atoms with Crippen molar-refractivity contribution in [2.75, 3.05) is 12.5 Å². The van der Waals surface area contributed by atoms with Crippen molar-refractivity contribution < 1.29 is 12.4 Å². The molecule has 0 fully saturated rings. The largest absolute Gasteiger partial charge is 1.00 e. The third-order valence-electron chi connectivity index (χ3n) is 1.59. The molecule has 1 aromatic rings. The number of hydrogen-bond acceptors (Lipinski definition) is 0. The van der Waals surface area contributed by atoms with Gasteiger partial charge in [0.25, 0.3) is 0 Å². The highest BCUT2D eigenvalue weighted by atomic mass is 35.5. The summed E-state index contributed by atoms with van der Waals surface area (Å²) in [7, 11) is 0.376. The quantitative estimate of drug-likeness (QED) is 0.569. The fourth-order valence-corrected chi connectivity index (χ4v) is 1.56. The molecule has 2 heteroatoms. The van der Waals surface area contributed by atoms with Crippen LogP contribution in [0.15, 0.2) is 35.7 Å². The maximum absolute atomic E-state index is 3.71. The maximum atomic E-state index is 3.71. The van der Waals surface area contributed by atoms with Crippen molar-refractivity contribution in [3.63, 3.8) is 0 Å². The van der Waals surface area contributed by atoms with E-state index in [9.17, 15) is 0 Å². The number of hydrogen-bond donors (Lipinski definition) is 0. The lowest BCUT2D eigenvalue weighted by Gasteiger charge is -1.95. The summed E-state index contributed by atoms with van der Waals surface area (Å²) in [6.45, 7) is 3.71. The summed E-state index contributed by atoms with van der Waals surface area (Å²) in [6, 6.07) is 8.55. The first-order valence-electron chi connectivity index (χ1n) is 3.54. The molecular formula is C10H13ClS. The van der Waals surface area contributed by atoms with E-state index in [1.807, 2.05) is 6.08 Å². The minimum absolute atomic E-state index is 0. The zero-order valence-electron chi connectivity index (χ0n) is 7.38. The molecule has 0 aliphatic rings. The topological polar surface area (TPSA) is 0 Å². The van der Waals surface area contributed by atoms with Crippen molar-refractivity contribution in [1.29, 1.82) is 0 Å². The van der Waals surface area contributed by atoms with Crippen molar-refractivity contribution in [2.45, 2.75) is 4.90 Å². The normalized spacial score (nSPS) is 9.25. The lowest BCUT2D eigenvalue weighted by Crippen LogP contribution is -3.00. The molecule has 0 saturated heterocycles. The number of benzene rings is 1. The Morgan fingerprint density at radius 1 is 1.17 bits per heavy atom. The predicted molar refractivity (Wildman–Crippen MR) is 54.0 cm³/mol. The lowest BCUT2D eigenvalue weighted by atomic mass is 10.2. The Kier molecular flexibility index (Phi) is 5.11. The molecule has 0 nitrogen and oxygen atoms in total. The van der Waals surface area contributed by atoms with Gasteiger partial charge in [0.15, 0.2) is 4.90 Å². The molecule has 0 heterocycles. The van der Waals surface area contributed by atoms with Crippen LogP contribution >= 0.6 is 0 Å². The molecule has 0 aromatic heterocycles. The van der Waals surface area contributed by atoms with Crippen LogP contribution in [0.3, 0.4) is 0 Å². The van der Waals surface area contributed by atoms with Crippen LogP contribution in [0.25, 0.3) is 6.08 Å². The van der Waals surface area contributed by atoms with Gasteiger partial charge < -0.3 is 12.4 Å². The molecule has 0 radical (unpaired) electrons. The Hall–Kier alpha value is -0.400. The van der Waals surface area contributed by atoms with Gasteiger partial charge in [0, 0.05) is 10.9 Å². The second-order valence-corrected chi connectivity index (χ2v) is 4.69. The number of rotatable bonds is 2. The first-order valence-corrected chi connectivity index (χ1v) is 5.58. The molecule has 0 N–H and O–H groups in total. The SMILES string of the molecule is C=Cc1ccc([S+](C)C)cc1.[Cl-]. The van der Waals surface area contributed by atoms with Gasteiger partial charge in [0.05, 0.1) is 0 Å². The molecule has 0 atom stereocenters. The zero-order chi connectivity index (χ0) is 8.27. The Labute approximate surface area is 83.4 Å². The van der Waals surface area contributed by atoms with E-state index in [1.165, 1.54) is 10.5 Å². The molecule has 1 aromatic carbocycles. The van der Waals surface area contributed by atoms with Crippen LogP contribution in [0.5, 0.6) is 0 Å². The summed E-state index contributed by atoms with van der Waals surface area (Å²) in [6.07, 6.45) is 6.32. The van der Waals surface area contributed by atoms with Crippen LogP contribution in [0.2, 0.25) is 0 Å². The van der Waals surface area contributed by atoms with Gasteiger partial charge in [0.2, 0.25) is 0 Å². The third-order valence-corrected chi connectivity index (χ3v) is 2.80.